The molecule has 3 nitrogen and oxygen atoms in total. The van der Waals surface area contributed by atoms with Crippen molar-refractivity contribution in [3.05, 3.63) is 0 Å². The Morgan fingerprint density at radius 3 is 2.09 bits per heavy atom. The van der Waals surface area contributed by atoms with Crippen LogP contribution in [-0.4, -0.2) is 24.1 Å². The molecule has 0 aliphatic heterocycles. The van der Waals surface area contributed by atoms with E-state index in [4.69, 9.17) is 9.47 Å². The molecule has 0 aromatic rings. The maximum Gasteiger partial charge on any atom is 0.321 e. The van der Waals surface area contributed by atoms with Gasteiger partial charge in [0.05, 0.1) is 11.9 Å². The van der Waals surface area contributed by atoms with Crippen molar-refractivity contribution >= 4 is 18.6 Å². The molecule has 0 radical (unpaired) electrons. The summed E-state index contributed by atoms with van der Waals surface area (Å²) in [7, 11) is 0. The average Bonchev–Trinajstić information content (AvgIpc) is 2.51. The molecule has 0 aromatic carbocycles. The topological polar surface area (TPSA) is 35.5 Å². The third-order valence-corrected chi connectivity index (χ3v) is 4.10. The van der Waals surface area contributed by atoms with Crippen LogP contribution in [0, 0.1) is 0 Å². The number of esters is 1. The third-order valence-electron chi connectivity index (χ3n) is 3.63. The lowest BCUT2D eigenvalue weighted by atomic mass is 10.1. The maximum atomic E-state index is 11.9. The Bertz CT molecular complexity index is 259. The maximum absolute atomic E-state index is 11.9. The minimum absolute atomic E-state index is 0.241. The monoisotopic (exact) mass is 332 g/mol. The van der Waals surface area contributed by atoms with Crippen molar-refractivity contribution in [3.8, 4) is 0 Å². The van der Waals surface area contributed by atoms with Gasteiger partial charge in [0.1, 0.15) is 0 Å². The summed E-state index contributed by atoms with van der Waals surface area (Å²) in [5.74, 6) is -0.241. The fourth-order valence-corrected chi connectivity index (χ4v) is 2.61. The average molecular weight is 333 g/mol. The van der Waals surface area contributed by atoms with Crippen molar-refractivity contribution in [2.75, 3.05) is 6.61 Å². The minimum atomic E-state index is -0.394. The predicted molar refractivity (Wildman–Crippen MR) is 96.4 cm³/mol. The number of carbonyl (C=O) groups excluding carboxylic acids is 1. The van der Waals surface area contributed by atoms with Gasteiger partial charge in [-0.1, -0.05) is 65.7 Å². The van der Waals surface area contributed by atoms with Crippen LogP contribution in [0.2, 0.25) is 0 Å². The molecule has 2 atom stereocenters. The molecule has 0 heterocycles. The molecular formula is C18H36O3S. The fourth-order valence-electron chi connectivity index (χ4n) is 2.29. The molecule has 0 fully saturated rings. The van der Waals surface area contributed by atoms with Gasteiger partial charge in [-0.15, -0.1) is 0 Å². The Morgan fingerprint density at radius 2 is 1.50 bits per heavy atom. The van der Waals surface area contributed by atoms with Crippen LogP contribution in [0.3, 0.4) is 0 Å². The van der Waals surface area contributed by atoms with Gasteiger partial charge in [0.15, 0.2) is 0 Å². The van der Waals surface area contributed by atoms with E-state index in [1.165, 1.54) is 38.5 Å². The molecule has 0 aliphatic carbocycles. The summed E-state index contributed by atoms with van der Waals surface area (Å²) in [5.41, 5.74) is 0. The second-order valence-corrected chi connectivity index (χ2v) is 6.58. The fraction of sp³-hybridized carbons (Fsp3) is 0.944. The van der Waals surface area contributed by atoms with E-state index in [9.17, 15) is 4.79 Å². The van der Waals surface area contributed by atoms with Gasteiger partial charge in [-0.2, -0.15) is 12.6 Å². The largest absolute Gasteiger partial charge is 0.435 e. The summed E-state index contributed by atoms with van der Waals surface area (Å²) >= 11 is 4.30. The number of hydrogen-bond donors (Lipinski definition) is 1. The molecule has 0 aliphatic rings. The summed E-state index contributed by atoms with van der Waals surface area (Å²) in [6.45, 7) is 6.97. The van der Waals surface area contributed by atoms with Crippen LogP contribution in [0.15, 0.2) is 0 Å². The molecular weight excluding hydrogens is 296 g/mol. The second-order valence-electron chi connectivity index (χ2n) is 5.95. The Balaban J connectivity index is 3.94. The highest BCUT2D eigenvalue weighted by Crippen LogP contribution is 2.15. The van der Waals surface area contributed by atoms with Crippen molar-refractivity contribution in [1.29, 1.82) is 0 Å². The molecule has 0 amide bonds. The van der Waals surface area contributed by atoms with Crippen LogP contribution in [0.4, 0.5) is 0 Å². The first-order valence-electron chi connectivity index (χ1n) is 9.15. The molecule has 0 N–H and O–H groups in total. The lowest BCUT2D eigenvalue weighted by Crippen LogP contribution is -2.27. The molecule has 0 aromatic heterocycles. The normalized spacial score (nSPS) is 13.8. The van der Waals surface area contributed by atoms with Crippen molar-refractivity contribution in [1.82, 2.24) is 0 Å². The van der Waals surface area contributed by atoms with Crippen molar-refractivity contribution < 1.29 is 14.3 Å². The van der Waals surface area contributed by atoms with E-state index in [2.05, 4.69) is 26.5 Å². The first-order valence-corrected chi connectivity index (χ1v) is 9.67. The lowest BCUT2D eigenvalue weighted by molar-refractivity contribution is -0.179. The Hall–Kier alpha value is -0.220. The zero-order valence-electron chi connectivity index (χ0n) is 14.8. The van der Waals surface area contributed by atoms with E-state index in [0.717, 1.165) is 32.1 Å². The predicted octanol–water partition coefficient (Wildman–Crippen LogP) is 5.52. The van der Waals surface area contributed by atoms with Crippen LogP contribution in [0.5, 0.6) is 0 Å². The highest BCUT2D eigenvalue weighted by Gasteiger charge is 2.20. The van der Waals surface area contributed by atoms with Gasteiger partial charge in [0.25, 0.3) is 0 Å². The van der Waals surface area contributed by atoms with Crippen LogP contribution < -0.4 is 0 Å². The molecule has 132 valence electrons. The highest BCUT2D eigenvalue weighted by atomic mass is 32.1. The number of ether oxygens (including phenoxy) is 2. The molecule has 0 bridgehead atoms. The summed E-state index contributed by atoms with van der Waals surface area (Å²) in [6, 6.07) is 0. The first kappa shape index (κ1) is 21.8. The Labute approximate surface area is 142 Å². The van der Waals surface area contributed by atoms with Crippen molar-refractivity contribution in [2.45, 2.75) is 103 Å². The van der Waals surface area contributed by atoms with Gasteiger partial charge in [0, 0.05) is 6.42 Å². The standard InChI is InChI=1S/C18H36O3S/c1-4-7-8-9-10-11-12-14-17(20-15-6-3)21-18(19)16(22)13-5-2/h16-17,22H,4-15H2,1-3H3. The van der Waals surface area contributed by atoms with E-state index in [1.807, 2.05) is 6.92 Å². The van der Waals surface area contributed by atoms with E-state index in [0.29, 0.717) is 6.61 Å². The molecule has 0 spiro atoms. The van der Waals surface area contributed by atoms with Gasteiger partial charge in [-0.3, -0.25) is 4.79 Å². The van der Waals surface area contributed by atoms with Crippen molar-refractivity contribution in [2.24, 2.45) is 0 Å². The number of hydrogen-bond acceptors (Lipinski definition) is 4. The Morgan fingerprint density at radius 1 is 0.864 bits per heavy atom. The molecule has 0 saturated carbocycles. The van der Waals surface area contributed by atoms with E-state index in [1.54, 1.807) is 0 Å². The van der Waals surface area contributed by atoms with Gasteiger partial charge in [-0.05, 0) is 19.3 Å². The van der Waals surface area contributed by atoms with Crippen LogP contribution in [0.25, 0.3) is 0 Å². The molecule has 0 saturated heterocycles. The van der Waals surface area contributed by atoms with Crippen LogP contribution in [0.1, 0.15) is 91.4 Å². The second kappa shape index (κ2) is 15.7. The summed E-state index contributed by atoms with van der Waals surface area (Å²) < 4.78 is 11.1. The molecule has 0 rings (SSSR count). The quantitative estimate of drug-likeness (QED) is 0.185. The SMILES string of the molecule is CCCCCCCCCC(OCCC)OC(=O)C(S)CCC. The van der Waals surface area contributed by atoms with Crippen molar-refractivity contribution in [3.63, 3.8) is 0 Å². The minimum Gasteiger partial charge on any atom is -0.435 e. The Kier molecular flexibility index (Phi) is 15.5. The highest BCUT2D eigenvalue weighted by molar-refractivity contribution is 7.81. The molecule has 2 unspecified atom stereocenters. The molecule has 4 heteroatoms. The zero-order chi connectivity index (χ0) is 16.6. The number of rotatable bonds is 15. The van der Waals surface area contributed by atoms with Gasteiger partial charge in [-0.25, -0.2) is 0 Å². The summed E-state index contributed by atoms with van der Waals surface area (Å²) in [5, 5.41) is -0.327. The number of unbranched alkanes of at least 4 members (excludes halogenated alkanes) is 6. The molecule has 22 heavy (non-hydrogen) atoms. The number of thiol groups is 1. The van der Waals surface area contributed by atoms with E-state index >= 15 is 0 Å². The summed E-state index contributed by atoms with van der Waals surface area (Å²) in [4.78, 5) is 11.9. The van der Waals surface area contributed by atoms with E-state index in [-0.39, 0.29) is 11.2 Å². The van der Waals surface area contributed by atoms with Crippen LogP contribution in [-0.2, 0) is 14.3 Å². The van der Waals surface area contributed by atoms with Gasteiger partial charge in [0.2, 0.25) is 6.29 Å². The van der Waals surface area contributed by atoms with E-state index < -0.39 is 6.29 Å². The summed E-state index contributed by atoms with van der Waals surface area (Å²) in [6.07, 6.45) is 11.8. The number of carbonyl (C=O) groups is 1. The van der Waals surface area contributed by atoms with Gasteiger partial charge < -0.3 is 9.47 Å². The lowest BCUT2D eigenvalue weighted by Gasteiger charge is -2.20. The zero-order valence-corrected chi connectivity index (χ0v) is 15.7. The third kappa shape index (κ3) is 12.3. The van der Waals surface area contributed by atoms with Gasteiger partial charge >= 0.3 is 5.97 Å². The first-order chi connectivity index (χ1) is 10.7. The van der Waals surface area contributed by atoms with Crippen LogP contribution >= 0.6 is 12.6 Å². The smallest absolute Gasteiger partial charge is 0.321 e.